The third-order valence-corrected chi connectivity index (χ3v) is 5.44. The largest absolute Gasteiger partial charge is 0.497 e. The Morgan fingerprint density at radius 3 is 2.77 bits per heavy atom. The molecule has 1 fully saturated rings. The Hall–Kier alpha value is -3.44. The van der Waals surface area contributed by atoms with Crippen LogP contribution in [0.1, 0.15) is 12.0 Å². The smallest absolute Gasteiger partial charge is 0.289 e. The van der Waals surface area contributed by atoms with E-state index in [4.69, 9.17) is 16.3 Å². The van der Waals surface area contributed by atoms with E-state index in [0.717, 1.165) is 29.1 Å². The number of nitro benzene ring substituents is 1. The van der Waals surface area contributed by atoms with Crippen molar-refractivity contribution in [1.29, 1.82) is 0 Å². The molecule has 1 aliphatic rings. The summed E-state index contributed by atoms with van der Waals surface area (Å²) >= 11 is 6.83. The second kappa shape index (κ2) is 10.0. The summed E-state index contributed by atoms with van der Waals surface area (Å²) in [4.78, 5) is 34.6. The number of amidine groups is 1. The minimum Gasteiger partial charge on any atom is -0.497 e. The number of thioether (sulfide) groups is 1. The number of amides is 2. The molecule has 0 bridgehead atoms. The van der Waals surface area contributed by atoms with Gasteiger partial charge in [-0.3, -0.25) is 19.7 Å². The number of anilines is 1. The van der Waals surface area contributed by atoms with Crippen LogP contribution in [0.2, 0.25) is 5.02 Å². The summed E-state index contributed by atoms with van der Waals surface area (Å²) in [5.74, 6) is -0.135. The monoisotopic (exact) mass is 461 g/mol. The van der Waals surface area contributed by atoms with Crippen LogP contribution >= 0.6 is 23.4 Å². The average Bonchev–Trinajstić information content (AvgIpc) is 3.08. The fraction of sp³-hybridized carbons (Fsp3) is 0.158. The van der Waals surface area contributed by atoms with Gasteiger partial charge in [0.25, 0.3) is 5.69 Å². The lowest BCUT2D eigenvalue weighted by atomic mass is 10.2. The molecule has 160 valence electrons. The van der Waals surface area contributed by atoms with Crippen LogP contribution < -0.4 is 15.4 Å². The first-order chi connectivity index (χ1) is 14.9. The summed E-state index contributed by atoms with van der Waals surface area (Å²) in [7, 11) is 1.57. The summed E-state index contributed by atoms with van der Waals surface area (Å²) in [6.07, 6.45) is 1.38. The Kier molecular flexibility index (Phi) is 7.21. The van der Waals surface area contributed by atoms with Gasteiger partial charge >= 0.3 is 0 Å². The van der Waals surface area contributed by atoms with E-state index >= 15 is 0 Å². The fourth-order valence-electron chi connectivity index (χ4n) is 2.54. The Balaban J connectivity index is 1.56. The second-order valence-corrected chi connectivity index (χ2v) is 7.79. The number of methoxy groups -OCH3 is 1. The van der Waals surface area contributed by atoms with Gasteiger partial charge in [0.1, 0.15) is 16.0 Å². The topological polar surface area (TPSA) is 135 Å². The molecule has 2 aromatic carbocycles. The summed E-state index contributed by atoms with van der Waals surface area (Å²) in [6, 6.07) is 11.1. The van der Waals surface area contributed by atoms with Gasteiger partial charge in [-0.15, -0.1) is 5.10 Å². The first-order valence-corrected chi connectivity index (χ1v) is 10.1. The van der Waals surface area contributed by atoms with Gasteiger partial charge in [0.05, 0.1) is 18.2 Å². The lowest BCUT2D eigenvalue weighted by Gasteiger charge is -2.07. The normalized spacial score (nSPS) is 17.0. The number of nitrogens with zero attached hydrogens (tertiary/aromatic N) is 3. The number of nitrogens with one attached hydrogen (secondary N) is 2. The molecule has 12 heteroatoms. The zero-order chi connectivity index (χ0) is 22.4. The predicted molar refractivity (Wildman–Crippen MR) is 119 cm³/mol. The average molecular weight is 462 g/mol. The maximum absolute atomic E-state index is 12.3. The number of carbonyl (C=O) groups excluding carboxylic acids is 2. The van der Waals surface area contributed by atoms with Crippen molar-refractivity contribution >= 4 is 57.9 Å². The molecule has 31 heavy (non-hydrogen) atoms. The zero-order valence-electron chi connectivity index (χ0n) is 16.1. The number of hydrogen-bond acceptors (Lipinski definition) is 8. The van der Waals surface area contributed by atoms with Crippen LogP contribution in [0, 0.1) is 10.1 Å². The molecule has 2 aromatic rings. The molecule has 1 atom stereocenters. The van der Waals surface area contributed by atoms with Gasteiger partial charge in [-0.2, -0.15) is 5.10 Å². The minimum absolute atomic E-state index is 0.0372. The van der Waals surface area contributed by atoms with Gasteiger partial charge in [0, 0.05) is 18.2 Å². The van der Waals surface area contributed by atoms with Crippen molar-refractivity contribution in [2.45, 2.75) is 11.7 Å². The van der Waals surface area contributed by atoms with E-state index in [2.05, 4.69) is 20.8 Å². The molecular weight excluding hydrogens is 446 g/mol. The van der Waals surface area contributed by atoms with Crippen molar-refractivity contribution in [2.24, 2.45) is 10.2 Å². The number of rotatable bonds is 7. The number of hydrogen-bond donors (Lipinski definition) is 2. The van der Waals surface area contributed by atoms with Crippen LogP contribution in [0.5, 0.6) is 5.75 Å². The lowest BCUT2D eigenvalue weighted by Crippen LogP contribution is -2.28. The van der Waals surface area contributed by atoms with Crippen molar-refractivity contribution in [2.75, 3.05) is 12.4 Å². The molecule has 10 nitrogen and oxygen atoms in total. The van der Waals surface area contributed by atoms with Crippen LogP contribution in [-0.4, -0.2) is 40.5 Å². The Morgan fingerprint density at radius 2 is 2.10 bits per heavy atom. The van der Waals surface area contributed by atoms with Crippen molar-refractivity contribution in [3.8, 4) is 5.75 Å². The highest BCUT2D eigenvalue weighted by atomic mass is 35.5. The van der Waals surface area contributed by atoms with E-state index in [1.54, 1.807) is 31.4 Å². The van der Waals surface area contributed by atoms with Crippen molar-refractivity contribution in [3.63, 3.8) is 0 Å². The van der Waals surface area contributed by atoms with E-state index in [1.165, 1.54) is 18.3 Å². The quantitative estimate of drug-likeness (QED) is 0.369. The Labute approximate surface area is 185 Å². The highest BCUT2D eigenvalue weighted by Crippen LogP contribution is 2.28. The van der Waals surface area contributed by atoms with Crippen LogP contribution in [0.25, 0.3) is 0 Å². The first kappa shape index (κ1) is 22.2. The van der Waals surface area contributed by atoms with Gasteiger partial charge in [-0.05, 0) is 42.0 Å². The standard InChI is InChI=1S/C19H16ClN5O5S/c1-30-13-5-2-11(3-6-13)10-21-24-19-23-18(27)16(31-19)9-17(26)22-12-4-7-14(20)15(8-12)25(28)29/h2-8,10,16H,9H2,1H3,(H,22,26)(H,23,24,27). The maximum Gasteiger partial charge on any atom is 0.289 e. The molecular formula is C19H16ClN5O5S. The maximum atomic E-state index is 12.3. The van der Waals surface area contributed by atoms with Crippen molar-refractivity contribution in [1.82, 2.24) is 5.32 Å². The molecule has 0 aliphatic carbocycles. The van der Waals surface area contributed by atoms with Crippen LogP contribution in [-0.2, 0) is 9.59 Å². The number of carbonyl (C=O) groups is 2. The molecule has 3 rings (SSSR count). The molecule has 1 heterocycles. The number of benzene rings is 2. The van der Waals surface area contributed by atoms with E-state index in [-0.39, 0.29) is 33.9 Å². The summed E-state index contributed by atoms with van der Waals surface area (Å²) in [5, 5.41) is 23.5. The predicted octanol–water partition coefficient (Wildman–Crippen LogP) is 3.21. The SMILES string of the molecule is COc1ccc(C=NN=C2NC(=O)C(CC(=O)Nc3ccc(Cl)c([N+](=O)[O-])c3)S2)cc1. The number of halogens is 1. The van der Waals surface area contributed by atoms with Crippen LogP contribution in [0.15, 0.2) is 52.7 Å². The van der Waals surface area contributed by atoms with Gasteiger partial charge in [0.15, 0.2) is 5.17 Å². The van der Waals surface area contributed by atoms with Crippen LogP contribution in [0.3, 0.4) is 0 Å². The van der Waals surface area contributed by atoms with Gasteiger partial charge < -0.3 is 15.4 Å². The van der Waals surface area contributed by atoms with Crippen molar-refractivity contribution < 1.29 is 19.2 Å². The summed E-state index contributed by atoms with van der Waals surface area (Å²) < 4.78 is 5.08. The summed E-state index contributed by atoms with van der Waals surface area (Å²) in [6.45, 7) is 0. The zero-order valence-corrected chi connectivity index (χ0v) is 17.6. The highest BCUT2D eigenvalue weighted by molar-refractivity contribution is 8.15. The first-order valence-electron chi connectivity index (χ1n) is 8.82. The molecule has 2 amide bonds. The van der Waals surface area contributed by atoms with E-state index in [9.17, 15) is 19.7 Å². The molecule has 1 aliphatic heterocycles. The lowest BCUT2D eigenvalue weighted by molar-refractivity contribution is -0.384. The third kappa shape index (κ3) is 6.03. The van der Waals surface area contributed by atoms with Gasteiger partial charge in [-0.25, -0.2) is 0 Å². The molecule has 0 radical (unpaired) electrons. The second-order valence-electron chi connectivity index (χ2n) is 6.19. The molecule has 0 aromatic heterocycles. The van der Waals surface area contributed by atoms with Gasteiger partial charge in [-0.1, -0.05) is 23.4 Å². The Bertz CT molecular complexity index is 1070. The third-order valence-electron chi connectivity index (χ3n) is 4.05. The number of nitro groups is 1. The van der Waals surface area contributed by atoms with Gasteiger partial charge in [0.2, 0.25) is 11.8 Å². The van der Waals surface area contributed by atoms with Crippen LogP contribution in [0.4, 0.5) is 11.4 Å². The van der Waals surface area contributed by atoms with E-state index < -0.39 is 16.1 Å². The molecule has 2 N–H and O–H groups in total. The molecule has 1 saturated heterocycles. The number of ether oxygens (including phenoxy) is 1. The molecule has 0 saturated carbocycles. The Morgan fingerprint density at radius 1 is 1.35 bits per heavy atom. The fourth-order valence-corrected chi connectivity index (χ4v) is 3.65. The molecule has 0 spiro atoms. The van der Waals surface area contributed by atoms with E-state index in [1.807, 2.05) is 0 Å². The highest BCUT2D eigenvalue weighted by Gasteiger charge is 2.32. The van der Waals surface area contributed by atoms with Crippen molar-refractivity contribution in [3.05, 3.63) is 63.2 Å². The summed E-state index contributed by atoms with van der Waals surface area (Å²) in [5.41, 5.74) is 0.687. The van der Waals surface area contributed by atoms with E-state index in [0.29, 0.717) is 0 Å². The molecule has 1 unspecified atom stereocenters. The minimum atomic E-state index is -0.697.